The summed E-state index contributed by atoms with van der Waals surface area (Å²) in [4.78, 5) is 0. The lowest BCUT2D eigenvalue weighted by Crippen LogP contribution is -1.92. The molecule has 0 spiro atoms. The number of benzene rings is 1. The summed E-state index contributed by atoms with van der Waals surface area (Å²) in [6.07, 6.45) is -1.55. The second-order valence-corrected chi connectivity index (χ2v) is 2.17. The second kappa shape index (κ2) is 3.80. The molecule has 0 saturated heterocycles. The monoisotopic (exact) mass is 171 g/mol. The Morgan fingerprint density at radius 3 is 2.58 bits per heavy atom. The molecule has 0 fully saturated rings. The minimum atomic E-state index is -2.54. The van der Waals surface area contributed by atoms with Gasteiger partial charge in [0, 0.05) is 11.1 Å². The predicted molar refractivity (Wildman–Crippen MR) is 40.8 cm³/mol. The SMILES string of the molecule is ON=Cc1ccccc1C(F)F. The maximum absolute atomic E-state index is 12.2. The average Bonchev–Trinajstić information content (AvgIpc) is 2.05. The zero-order valence-corrected chi connectivity index (χ0v) is 6.11. The van der Waals surface area contributed by atoms with Crippen LogP contribution in [-0.2, 0) is 0 Å². The number of hydrogen-bond acceptors (Lipinski definition) is 2. The maximum Gasteiger partial charge on any atom is 0.264 e. The standard InChI is InChI=1S/C8H7F2NO/c9-8(10)7-4-2-1-3-6(7)5-11-12/h1-5,8,12H. The average molecular weight is 171 g/mol. The molecule has 0 aliphatic rings. The van der Waals surface area contributed by atoms with E-state index < -0.39 is 6.43 Å². The van der Waals surface area contributed by atoms with Crippen molar-refractivity contribution in [3.63, 3.8) is 0 Å². The molecule has 0 amide bonds. The van der Waals surface area contributed by atoms with Crippen LogP contribution in [0.2, 0.25) is 0 Å². The minimum absolute atomic E-state index is 0.129. The summed E-state index contributed by atoms with van der Waals surface area (Å²) in [6.45, 7) is 0. The lowest BCUT2D eigenvalue weighted by molar-refractivity contribution is 0.151. The van der Waals surface area contributed by atoms with Crippen LogP contribution in [-0.4, -0.2) is 11.4 Å². The van der Waals surface area contributed by atoms with Crippen LogP contribution >= 0.6 is 0 Å². The van der Waals surface area contributed by atoms with E-state index in [0.717, 1.165) is 6.21 Å². The van der Waals surface area contributed by atoms with Crippen molar-refractivity contribution in [1.29, 1.82) is 0 Å². The largest absolute Gasteiger partial charge is 0.411 e. The highest BCUT2D eigenvalue weighted by atomic mass is 19.3. The van der Waals surface area contributed by atoms with Gasteiger partial charge in [-0.25, -0.2) is 8.78 Å². The molecule has 1 aromatic carbocycles. The van der Waals surface area contributed by atoms with Gasteiger partial charge in [0.2, 0.25) is 0 Å². The van der Waals surface area contributed by atoms with E-state index >= 15 is 0 Å². The first-order chi connectivity index (χ1) is 5.75. The Morgan fingerprint density at radius 1 is 1.33 bits per heavy atom. The Kier molecular flexibility index (Phi) is 2.74. The Balaban J connectivity index is 3.08. The molecule has 2 nitrogen and oxygen atoms in total. The van der Waals surface area contributed by atoms with Crippen molar-refractivity contribution in [3.8, 4) is 0 Å². The highest BCUT2D eigenvalue weighted by Gasteiger charge is 2.09. The molecule has 0 aliphatic carbocycles. The first-order valence-corrected chi connectivity index (χ1v) is 3.30. The number of alkyl halides is 2. The van der Waals surface area contributed by atoms with Crippen LogP contribution in [0.25, 0.3) is 0 Å². The minimum Gasteiger partial charge on any atom is -0.411 e. The van der Waals surface area contributed by atoms with E-state index in [2.05, 4.69) is 5.16 Å². The van der Waals surface area contributed by atoms with Crippen molar-refractivity contribution in [2.45, 2.75) is 6.43 Å². The van der Waals surface area contributed by atoms with E-state index in [9.17, 15) is 8.78 Å². The third-order valence-electron chi connectivity index (χ3n) is 1.43. The molecule has 0 unspecified atom stereocenters. The molecular formula is C8H7F2NO. The van der Waals surface area contributed by atoms with Gasteiger partial charge < -0.3 is 5.21 Å². The molecule has 0 aliphatic heterocycles. The summed E-state index contributed by atoms with van der Waals surface area (Å²) < 4.78 is 24.4. The molecule has 0 bridgehead atoms. The Bertz CT molecular complexity index is 286. The van der Waals surface area contributed by atoms with Crippen LogP contribution in [0.1, 0.15) is 17.6 Å². The van der Waals surface area contributed by atoms with Gasteiger partial charge in [-0.1, -0.05) is 29.4 Å². The van der Waals surface area contributed by atoms with Gasteiger partial charge in [0.15, 0.2) is 0 Å². The molecular weight excluding hydrogens is 164 g/mol. The summed E-state index contributed by atoms with van der Waals surface area (Å²) >= 11 is 0. The Hall–Kier alpha value is -1.45. The molecule has 0 heterocycles. The van der Waals surface area contributed by atoms with Gasteiger partial charge in [0.25, 0.3) is 6.43 Å². The van der Waals surface area contributed by atoms with Gasteiger partial charge in [-0.3, -0.25) is 0 Å². The van der Waals surface area contributed by atoms with E-state index in [4.69, 9.17) is 5.21 Å². The van der Waals surface area contributed by atoms with Gasteiger partial charge in [0.1, 0.15) is 0 Å². The zero-order chi connectivity index (χ0) is 8.97. The fourth-order valence-electron chi connectivity index (χ4n) is 0.889. The van der Waals surface area contributed by atoms with Crippen LogP contribution in [0.15, 0.2) is 29.4 Å². The van der Waals surface area contributed by atoms with E-state index in [1.807, 2.05) is 0 Å². The van der Waals surface area contributed by atoms with Crippen LogP contribution in [0, 0.1) is 0 Å². The smallest absolute Gasteiger partial charge is 0.264 e. The molecule has 1 N–H and O–H groups in total. The second-order valence-electron chi connectivity index (χ2n) is 2.17. The van der Waals surface area contributed by atoms with Crippen LogP contribution < -0.4 is 0 Å². The molecule has 1 rings (SSSR count). The Morgan fingerprint density at radius 2 is 2.00 bits per heavy atom. The van der Waals surface area contributed by atoms with Gasteiger partial charge in [-0.15, -0.1) is 0 Å². The molecule has 0 radical (unpaired) electrons. The zero-order valence-electron chi connectivity index (χ0n) is 6.11. The van der Waals surface area contributed by atoms with Gasteiger partial charge >= 0.3 is 0 Å². The third-order valence-corrected chi connectivity index (χ3v) is 1.43. The first-order valence-electron chi connectivity index (χ1n) is 3.30. The quantitative estimate of drug-likeness (QED) is 0.413. The fourth-order valence-corrected chi connectivity index (χ4v) is 0.889. The molecule has 4 heteroatoms. The highest BCUT2D eigenvalue weighted by Crippen LogP contribution is 2.21. The Labute approximate surface area is 68.1 Å². The van der Waals surface area contributed by atoms with Gasteiger partial charge in [-0.2, -0.15) is 0 Å². The molecule has 64 valence electrons. The van der Waals surface area contributed by atoms with Crippen LogP contribution in [0.5, 0.6) is 0 Å². The summed E-state index contributed by atoms with van der Waals surface area (Å²) in [5, 5.41) is 10.8. The molecule has 1 aromatic rings. The number of halogens is 2. The van der Waals surface area contributed by atoms with Crippen molar-refractivity contribution < 1.29 is 14.0 Å². The van der Waals surface area contributed by atoms with Crippen molar-refractivity contribution in [2.24, 2.45) is 5.16 Å². The lowest BCUT2D eigenvalue weighted by atomic mass is 10.1. The van der Waals surface area contributed by atoms with E-state index in [0.29, 0.717) is 0 Å². The number of rotatable bonds is 2. The normalized spacial score (nSPS) is 11.2. The van der Waals surface area contributed by atoms with Crippen molar-refractivity contribution in [2.75, 3.05) is 0 Å². The van der Waals surface area contributed by atoms with E-state index in [1.165, 1.54) is 18.2 Å². The molecule has 0 saturated carbocycles. The topological polar surface area (TPSA) is 32.6 Å². The molecule has 12 heavy (non-hydrogen) atoms. The van der Waals surface area contributed by atoms with Crippen molar-refractivity contribution >= 4 is 6.21 Å². The van der Waals surface area contributed by atoms with Crippen LogP contribution in [0.3, 0.4) is 0 Å². The molecule has 0 atom stereocenters. The maximum atomic E-state index is 12.2. The number of hydrogen-bond donors (Lipinski definition) is 1. The summed E-state index contributed by atoms with van der Waals surface area (Å²) in [7, 11) is 0. The lowest BCUT2D eigenvalue weighted by Gasteiger charge is -2.01. The van der Waals surface area contributed by atoms with Crippen molar-refractivity contribution in [1.82, 2.24) is 0 Å². The fraction of sp³-hybridized carbons (Fsp3) is 0.125. The van der Waals surface area contributed by atoms with Crippen LogP contribution in [0.4, 0.5) is 8.78 Å². The third kappa shape index (κ3) is 1.78. The highest BCUT2D eigenvalue weighted by molar-refractivity contribution is 5.81. The summed E-state index contributed by atoms with van der Waals surface area (Å²) in [5.74, 6) is 0. The predicted octanol–water partition coefficient (Wildman–Crippen LogP) is 2.43. The summed E-state index contributed by atoms with van der Waals surface area (Å²) in [5.41, 5.74) is 0.102. The van der Waals surface area contributed by atoms with Gasteiger partial charge in [-0.05, 0) is 0 Å². The molecule has 0 aromatic heterocycles. The number of nitrogens with zero attached hydrogens (tertiary/aromatic N) is 1. The van der Waals surface area contributed by atoms with Gasteiger partial charge in [0.05, 0.1) is 6.21 Å². The van der Waals surface area contributed by atoms with Crippen molar-refractivity contribution in [3.05, 3.63) is 35.4 Å². The van der Waals surface area contributed by atoms with E-state index in [-0.39, 0.29) is 11.1 Å². The summed E-state index contributed by atoms with van der Waals surface area (Å²) in [6, 6.07) is 5.86. The number of oxime groups is 1. The van der Waals surface area contributed by atoms with E-state index in [1.54, 1.807) is 6.07 Å². The first kappa shape index (κ1) is 8.64.